The van der Waals surface area contributed by atoms with E-state index in [1.54, 1.807) is 7.05 Å². The summed E-state index contributed by atoms with van der Waals surface area (Å²) in [6.07, 6.45) is 5.44. The molecule has 2 aliphatic rings. The summed E-state index contributed by atoms with van der Waals surface area (Å²) >= 11 is 0. The van der Waals surface area contributed by atoms with Gasteiger partial charge >= 0.3 is 12.1 Å². The molecule has 1 amide bonds. The Hall–Kier alpha value is -2.82. The topological polar surface area (TPSA) is 66.8 Å². The number of carbonyl (C=O) groups excluding carboxylic acids is 1. The number of benzene rings is 2. The first-order valence-corrected chi connectivity index (χ1v) is 10.9. The van der Waals surface area contributed by atoms with Gasteiger partial charge in [0.25, 0.3) is 0 Å². The quantitative estimate of drug-likeness (QED) is 0.684. The molecule has 0 aliphatic heterocycles. The van der Waals surface area contributed by atoms with Gasteiger partial charge in [-0.15, -0.1) is 0 Å². The standard InChI is InChI=1S/C25H29NO4/c1-26(23(24(27)28)17-10-4-2-3-5-11-17)25(29)30-16-22-20-14-8-6-12-18(20)19-13-7-9-15-21(19)22/h6-9,12-15,17,22-23H,2-5,10-11,16H2,1H3,(H,27,28). The minimum absolute atomic E-state index is 0.0181. The van der Waals surface area contributed by atoms with Crippen LogP contribution < -0.4 is 0 Å². The molecule has 2 aliphatic carbocycles. The van der Waals surface area contributed by atoms with Crippen molar-refractivity contribution in [3.8, 4) is 11.1 Å². The zero-order chi connectivity index (χ0) is 21.1. The van der Waals surface area contributed by atoms with E-state index in [0.717, 1.165) is 49.7 Å². The molecule has 1 atom stereocenters. The van der Waals surface area contributed by atoms with Crippen LogP contribution >= 0.6 is 0 Å². The third-order valence-corrected chi connectivity index (χ3v) is 6.64. The monoisotopic (exact) mass is 407 g/mol. The van der Waals surface area contributed by atoms with Gasteiger partial charge in [-0.2, -0.15) is 0 Å². The Morgan fingerprint density at radius 3 is 2.03 bits per heavy atom. The number of carbonyl (C=O) groups is 2. The average molecular weight is 408 g/mol. The fourth-order valence-corrected chi connectivity index (χ4v) is 5.12. The summed E-state index contributed by atoms with van der Waals surface area (Å²) in [5, 5.41) is 9.83. The van der Waals surface area contributed by atoms with Crippen molar-refractivity contribution in [1.82, 2.24) is 4.90 Å². The second-order valence-corrected chi connectivity index (χ2v) is 8.45. The third kappa shape index (κ3) is 3.93. The summed E-state index contributed by atoms with van der Waals surface area (Å²) in [5.74, 6) is -0.996. The predicted molar refractivity (Wildman–Crippen MR) is 115 cm³/mol. The molecule has 2 aromatic rings. The van der Waals surface area contributed by atoms with Crippen LogP contribution in [-0.2, 0) is 9.53 Å². The fraction of sp³-hybridized carbons (Fsp3) is 0.440. The van der Waals surface area contributed by atoms with Crippen LogP contribution in [0.1, 0.15) is 55.6 Å². The van der Waals surface area contributed by atoms with Crippen molar-refractivity contribution in [2.45, 2.75) is 50.5 Å². The average Bonchev–Trinajstić information content (AvgIpc) is 2.88. The van der Waals surface area contributed by atoms with Crippen LogP contribution in [0.4, 0.5) is 4.79 Å². The molecule has 0 bridgehead atoms. The summed E-state index contributed by atoms with van der Waals surface area (Å²) in [4.78, 5) is 26.1. The molecule has 1 fully saturated rings. The second-order valence-electron chi connectivity index (χ2n) is 8.45. The molecule has 0 spiro atoms. The number of carboxylic acid groups (broad SMARTS) is 1. The Morgan fingerprint density at radius 2 is 1.50 bits per heavy atom. The van der Waals surface area contributed by atoms with Gasteiger partial charge < -0.3 is 9.84 Å². The number of amides is 1. The normalized spacial score (nSPS) is 17.5. The molecule has 30 heavy (non-hydrogen) atoms. The molecular formula is C25H29NO4. The Kier molecular flexibility index (Phi) is 6.07. The molecular weight excluding hydrogens is 378 g/mol. The van der Waals surface area contributed by atoms with E-state index in [1.165, 1.54) is 16.0 Å². The van der Waals surface area contributed by atoms with Crippen LogP contribution in [0.3, 0.4) is 0 Å². The Labute approximate surface area is 177 Å². The van der Waals surface area contributed by atoms with Crippen LogP contribution in [0, 0.1) is 5.92 Å². The minimum atomic E-state index is -0.946. The maximum Gasteiger partial charge on any atom is 0.410 e. The lowest BCUT2D eigenvalue weighted by molar-refractivity contribution is -0.144. The van der Waals surface area contributed by atoms with E-state index >= 15 is 0 Å². The SMILES string of the molecule is CN(C(=O)OCC1c2ccccc2-c2ccccc21)C(C(=O)O)C1CCCCCC1. The molecule has 1 N–H and O–H groups in total. The van der Waals surface area contributed by atoms with E-state index < -0.39 is 18.1 Å². The number of likely N-dealkylation sites (N-methyl/N-ethyl adjacent to an activating group) is 1. The van der Waals surface area contributed by atoms with Gasteiger partial charge in [0.15, 0.2) is 0 Å². The highest BCUT2D eigenvalue weighted by atomic mass is 16.6. The molecule has 0 aromatic heterocycles. The largest absolute Gasteiger partial charge is 0.480 e. The zero-order valence-corrected chi connectivity index (χ0v) is 17.4. The van der Waals surface area contributed by atoms with E-state index in [2.05, 4.69) is 24.3 Å². The lowest BCUT2D eigenvalue weighted by atomic mass is 9.91. The molecule has 1 saturated carbocycles. The molecule has 0 radical (unpaired) electrons. The lowest BCUT2D eigenvalue weighted by Crippen LogP contribution is -2.47. The van der Waals surface area contributed by atoms with E-state index in [0.29, 0.717) is 0 Å². The molecule has 5 nitrogen and oxygen atoms in total. The zero-order valence-electron chi connectivity index (χ0n) is 17.4. The number of fused-ring (bicyclic) bond motifs is 3. The first-order valence-electron chi connectivity index (χ1n) is 10.9. The predicted octanol–water partition coefficient (Wildman–Crippen LogP) is 5.29. The number of carboxylic acids is 1. The third-order valence-electron chi connectivity index (χ3n) is 6.64. The fourth-order valence-electron chi connectivity index (χ4n) is 5.12. The van der Waals surface area contributed by atoms with Crippen LogP contribution in [0.25, 0.3) is 11.1 Å². The summed E-state index contributed by atoms with van der Waals surface area (Å²) < 4.78 is 5.68. The number of hydrogen-bond acceptors (Lipinski definition) is 3. The number of rotatable bonds is 5. The van der Waals surface area contributed by atoms with Crippen LogP contribution in [0.5, 0.6) is 0 Å². The Morgan fingerprint density at radius 1 is 0.967 bits per heavy atom. The van der Waals surface area contributed by atoms with Crippen molar-refractivity contribution < 1.29 is 19.4 Å². The van der Waals surface area contributed by atoms with Crippen LogP contribution in [0.2, 0.25) is 0 Å². The Balaban J connectivity index is 1.48. The summed E-state index contributed by atoms with van der Waals surface area (Å²) in [7, 11) is 1.56. The molecule has 4 rings (SSSR count). The molecule has 0 heterocycles. The molecule has 5 heteroatoms. The van der Waals surface area contributed by atoms with Gasteiger partial charge in [-0.05, 0) is 41.0 Å². The number of aliphatic carboxylic acids is 1. The van der Waals surface area contributed by atoms with Gasteiger partial charge in [0.05, 0.1) is 0 Å². The van der Waals surface area contributed by atoms with E-state index in [4.69, 9.17) is 4.74 Å². The first-order chi connectivity index (χ1) is 14.6. The van der Waals surface area contributed by atoms with Crippen molar-refractivity contribution in [2.75, 3.05) is 13.7 Å². The van der Waals surface area contributed by atoms with Gasteiger partial charge in [-0.25, -0.2) is 9.59 Å². The minimum Gasteiger partial charge on any atom is -0.480 e. The van der Waals surface area contributed by atoms with Crippen molar-refractivity contribution in [3.05, 3.63) is 59.7 Å². The Bertz CT molecular complexity index is 871. The van der Waals surface area contributed by atoms with Crippen LogP contribution in [-0.4, -0.2) is 41.8 Å². The van der Waals surface area contributed by atoms with E-state index in [1.807, 2.05) is 24.3 Å². The first kappa shape index (κ1) is 20.5. The highest BCUT2D eigenvalue weighted by molar-refractivity contribution is 5.81. The smallest absolute Gasteiger partial charge is 0.410 e. The van der Waals surface area contributed by atoms with Crippen molar-refractivity contribution in [1.29, 1.82) is 0 Å². The maximum atomic E-state index is 12.8. The second kappa shape index (κ2) is 8.90. The van der Waals surface area contributed by atoms with Crippen molar-refractivity contribution in [3.63, 3.8) is 0 Å². The van der Waals surface area contributed by atoms with Gasteiger partial charge in [0.2, 0.25) is 0 Å². The number of ether oxygens (including phenoxy) is 1. The molecule has 0 saturated heterocycles. The van der Waals surface area contributed by atoms with Gasteiger partial charge in [0, 0.05) is 13.0 Å². The highest BCUT2D eigenvalue weighted by Crippen LogP contribution is 2.44. The summed E-state index contributed by atoms with van der Waals surface area (Å²) in [5.41, 5.74) is 4.63. The van der Waals surface area contributed by atoms with Crippen LogP contribution in [0.15, 0.2) is 48.5 Å². The number of nitrogens with zero attached hydrogens (tertiary/aromatic N) is 1. The number of hydrogen-bond donors (Lipinski definition) is 1. The molecule has 2 aromatic carbocycles. The summed E-state index contributed by atoms with van der Waals surface area (Å²) in [6.45, 7) is 0.203. The lowest BCUT2D eigenvalue weighted by Gasteiger charge is -2.30. The van der Waals surface area contributed by atoms with Crippen molar-refractivity contribution >= 4 is 12.1 Å². The van der Waals surface area contributed by atoms with Gasteiger partial charge in [0.1, 0.15) is 12.6 Å². The van der Waals surface area contributed by atoms with E-state index in [9.17, 15) is 14.7 Å². The van der Waals surface area contributed by atoms with Gasteiger partial charge in [-0.1, -0.05) is 74.2 Å². The molecule has 158 valence electrons. The molecule has 1 unspecified atom stereocenters. The van der Waals surface area contributed by atoms with E-state index in [-0.39, 0.29) is 18.4 Å². The van der Waals surface area contributed by atoms with Crippen molar-refractivity contribution in [2.24, 2.45) is 5.92 Å². The summed E-state index contributed by atoms with van der Waals surface area (Å²) in [6, 6.07) is 15.5. The highest BCUT2D eigenvalue weighted by Gasteiger charge is 2.36. The maximum absolute atomic E-state index is 12.8. The van der Waals surface area contributed by atoms with Gasteiger partial charge in [-0.3, -0.25) is 4.90 Å².